The third kappa shape index (κ3) is 6.96. The maximum atomic E-state index is 6.95. The maximum Gasteiger partial charge on any atom is 0.164 e. The van der Waals surface area contributed by atoms with Crippen LogP contribution in [0.25, 0.3) is 144 Å². The summed E-state index contributed by atoms with van der Waals surface area (Å²) in [5.41, 5.74) is 15.6. The van der Waals surface area contributed by atoms with Crippen LogP contribution in [-0.4, -0.2) is 15.0 Å². The lowest BCUT2D eigenvalue weighted by Gasteiger charge is -2.31. The zero-order chi connectivity index (χ0) is 50.6. The van der Waals surface area contributed by atoms with Crippen LogP contribution in [0.2, 0.25) is 0 Å². The Hall–Kier alpha value is -10.6. The fraction of sp³-hybridized carbons (Fsp3) is 0. The third-order valence-electron chi connectivity index (χ3n) is 14.9. The molecular weight excluding hydrogens is 949 g/mol. The Labute approximate surface area is 439 Å². The van der Waals surface area contributed by atoms with E-state index in [1.807, 2.05) is 72.8 Å². The topological polar surface area (TPSA) is 94.5 Å². The van der Waals surface area contributed by atoms with Crippen LogP contribution in [0.4, 0.5) is 17.1 Å². The molecule has 0 aliphatic heterocycles. The minimum Gasteiger partial charge on any atom is -0.456 e. The monoisotopic (exact) mass is 988 g/mol. The minimum absolute atomic E-state index is 0.508. The molecule has 5 aromatic heterocycles. The zero-order valence-electron chi connectivity index (χ0n) is 41.0. The Morgan fingerprint density at radius 1 is 0.260 bits per heavy atom. The standard InChI is InChI=1S/C69H40N4O4/c1-4-16-41(17-5-1)55-36-45(69-71-67(43-28-31-50-48-22-10-13-25-57(48)75-61(50)38-43)70-68(72-69)44-29-32-51-49-23-11-14-26-58(49)76-62(51)39-44)37-56(42-18-6-2-7-19-42)65(55)73(46-20-8-3-9-21-46)47-30-33-52-53-34-35-60-64(66(53)77-63(52)40-47)54-24-12-15-27-59(54)74-60/h1-40H. The van der Waals surface area contributed by atoms with E-state index in [0.717, 1.165) is 144 Å². The van der Waals surface area contributed by atoms with Crippen LogP contribution in [-0.2, 0) is 0 Å². The number of anilines is 3. The van der Waals surface area contributed by atoms with Crippen molar-refractivity contribution in [3.8, 4) is 56.4 Å². The van der Waals surface area contributed by atoms with E-state index in [1.165, 1.54) is 0 Å². The second-order valence-electron chi connectivity index (χ2n) is 19.4. The highest BCUT2D eigenvalue weighted by Gasteiger charge is 2.27. The molecule has 0 aliphatic rings. The molecule has 0 saturated carbocycles. The summed E-state index contributed by atoms with van der Waals surface area (Å²) in [7, 11) is 0. The van der Waals surface area contributed by atoms with Crippen LogP contribution < -0.4 is 4.90 Å². The molecule has 8 nitrogen and oxygen atoms in total. The van der Waals surface area contributed by atoms with Crippen molar-refractivity contribution in [1.82, 2.24) is 15.0 Å². The van der Waals surface area contributed by atoms with Crippen LogP contribution in [0, 0.1) is 0 Å². The first-order chi connectivity index (χ1) is 38.1. The Bertz CT molecular complexity index is 4800. The highest BCUT2D eigenvalue weighted by atomic mass is 16.3. The molecule has 0 N–H and O–H groups in total. The van der Waals surface area contributed by atoms with Crippen molar-refractivity contribution < 1.29 is 17.7 Å². The van der Waals surface area contributed by atoms with Gasteiger partial charge in [0.2, 0.25) is 0 Å². The molecule has 0 unspecified atom stereocenters. The predicted molar refractivity (Wildman–Crippen MR) is 311 cm³/mol. The van der Waals surface area contributed by atoms with E-state index in [4.69, 9.17) is 32.6 Å². The first kappa shape index (κ1) is 42.9. The molecule has 0 amide bonds. The molecule has 11 aromatic carbocycles. The molecule has 0 fully saturated rings. The van der Waals surface area contributed by atoms with Crippen molar-refractivity contribution in [2.24, 2.45) is 0 Å². The zero-order valence-corrected chi connectivity index (χ0v) is 41.0. The van der Waals surface area contributed by atoms with Gasteiger partial charge in [-0.1, -0.05) is 146 Å². The van der Waals surface area contributed by atoms with Crippen molar-refractivity contribution in [2.75, 3.05) is 4.90 Å². The summed E-state index contributed by atoms with van der Waals surface area (Å²) in [5, 5.41) is 8.20. The summed E-state index contributed by atoms with van der Waals surface area (Å²) in [4.78, 5) is 18.4. The number of nitrogens with zero attached hydrogens (tertiary/aromatic N) is 4. The van der Waals surface area contributed by atoms with Crippen LogP contribution in [0.3, 0.4) is 0 Å². The quantitative estimate of drug-likeness (QED) is 0.149. The number of para-hydroxylation sites is 4. The summed E-state index contributed by atoms with van der Waals surface area (Å²) in [5.74, 6) is 1.53. The number of benzene rings is 11. The van der Waals surface area contributed by atoms with Crippen LogP contribution in [0.1, 0.15) is 0 Å². The van der Waals surface area contributed by atoms with Gasteiger partial charge in [0.15, 0.2) is 17.5 Å². The lowest BCUT2D eigenvalue weighted by molar-refractivity contribution is 0.662. The van der Waals surface area contributed by atoms with Gasteiger partial charge in [-0.3, -0.25) is 0 Å². The van der Waals surface area contributed by atoms with E-state index in [9.17, 15) is 0 Å². The second kappa shape index (κ2) is 17.0. The fourth-order valence-electron chi connectivity index (χ4n) is 11.3. The third-order valence-corrected chi connectivity index (χ3v) is 14.9. The molecule has 0 aliphatic carbocycles. The molecular formula is C69H40N4O4. The Morgan fingerprint density at radius 2 is 0.688 bits per heavy atom. The summed E-state index contributed by atoms with van der Waals surface area (Å²) in [6, 6.07) is 83.5. The van der Waals surface area contributed by atoms with Gasteiger partial charge in [0.1, 0.15) is 44.7 Å². The van der Waals surface area contributed by atoms with E-state index in [-0.39, 0.29) is 0 Å². The number of hydrogen-bond donors (Lipinski definition) is 0. The van der Waals surface area contributed by atoms with Gasteiger partial charge in [0.25, 0.3) is 0 Å². The number of fused-ring (bicyclic) bond motifs is 13. The van der Waals surface area contributed by atoms with Crippen molar-refractivity contribution in [3.05, 3.63) is 243 Å². The largest absolute Gasteiger partial charge is 0.456 e. The number of furan rings is 4. The van der Waals surface area contributed by atoms with Gasteiger partial charge in [-0.15, -0.1) is 0 Å². The van der Waals surface area contributed by atoms with Crippen molar-refractivity contribution in [1.29, 1.82) is 0 Å². The Balaban J connectivity index is 0.945. The SMILES string of the molecule is c1ccc(-c2cc(-c3nc(-c4ccc5c(c4)oc4ccccc45)nc(-c4ccc5c(c4)oc4ccccc45)n3)cc(-c3ccccc3)c2N(c2ccccc2)c2ccc3c(c2)oc2c3ccc3oc4ccccc4c32)cc1. The summed E-state index contributed by atoms with van der Waals surface area (Å²) < 4.78 is 26.1. The molecule has 0 spiro atoms. The predicted octanol–water partition coefficient (Wildman–Crippen LogP) is 19.3. The highest BCUT2D eigenvalue weighted by Crippen LogP contribution is 2.50. The smallest absolute Gasteiger partial charge is 0.164 e. The molecule has 16 aromatic rings. The molecule has 360 valence electrons. The molecule has 0 saturated heterocycles. The van der Waals surface area contributed by atoms with Crippen molar-refractivity contribution in [2.45, 2.75) is 0 Å². The van der Waals surface area contributed by atoms with Crippen LogP contribution in [0.15, 0.2) is 260 Å². The maximum absolute atomic E-state index is 6.95. The van der Waals surface area contributed by atoms with Gasteiger partial charge >= 0.3 is 0 Å². The second-order valence-corrected chi connectivity index (χ2v) is 19.4. The van der Waals surface area contributed by atoms with Crippen molar-refractivity contribution >= 4 is 105 Å². The average Bonchev–Trinajstić information content (AvgIpc) is 4.46. The molecule has 77 heavy (non-hydrogen) atoms. The first-order valence-electron chi connectivity index (χ1n) is 25.6. The number of aromatic nitrogens is 3. The molecule has 16 rings (SSSR count). The molecule has 8 heteroatoms. The van der Waals surface area contributed by atoms with Gasteiger partial charge in [-0.05, 0) is 102 Å². The van der Waals surface area contributed by atoms with Crippen molar-refractivity contribution in [3.63, 3.8) is 0 Å². The average molecular weight is 989 g/mol. The molecule has 0 bridgehead atoms. The summed E-state index contributed by atoms with van der Waals surface area (Å²) in [6.07, 6.45) is 0. The summed E-state index contributed by atoms with van der Waals surface area (Å²) >= 11 is 0. The molecule has 0 atom stereocenters. The van der Waals surface area contributed by atoms with E-state index in [0.29, 0.717) is 17.5 Å². The normalized spacial score (nSPS) is 11.9. The fourth-order valence-corrected chi connectivity index (χ4v) is 11.3. The van der Waals surface area contributed by atoms with Crippen LogP contribution in [0.5, 0.6) is 0 Å². The van der Waals surface area contributed by atoms with Gasteiger partial charge in [-0.2, -0.15) is 0 Å². The first-order valence-corrected chi connectivity index (χ1v) is 25.6. The van der Waals surface area contributed by atoms with Gasteiger partial charge in [-0.25, -0.2) is 15.0 Å². The van der Waals surface area contributed by atoms with Gasteiger partial charge in [0.05, 0.1) is 11.1 Å². The van der Waals surface area contributed by atoms with Gasteiger partial charge < -0.3 is 22.6 Å². The molecule has 0 radical (unpaired) electrons. The number of hydrogen-bond acceptors (Lipinski definition) is 8. The lowest BCUT2D eigenvalue weighted by atomic mass is 9.91. The van der Waals surface area contributed by atoms with E-state index in [1.54, 1.807) is 0 Å². The molecule has 5 heterocycles. The van der Waals surface area contributed by atoms with Crippen LogP contribution >= 0.6 is 0 Å². The van der Waals surface area contributed by atoms with E-state index < -0.39 is 0 Å². The summed E-state index contributed by atoms with van der Waals surface area (Å²) in [6.45, 7) is 0. The Kier molecular flexibility index (Phi) is 9.46. The van der Waals surface area contributed by atoms with Gasteiger partial charge in [0, 0.05) is 83.0 Å². The highest BCUT2D eigenvalue weighted by molar-refractivity contribution is 6.22. The minimum atomic E-state index is 0.508. The lowest BCUT2D eigenvalue weighted by Crippen LogP contribution is -2.13. The number of rotatable bonds is 8. The van der Waals surface area contributed by atoms with E-state index >= 15 is 0 Å². The Morgan fingerprint density at radius 3 is 1.27 bits per heavy atom. The van der Waals surface area contributed by atoms with E-state index in [2.05, 4.69) is 175 Å².